The smallest absolute Gasteiger partial charge is 0.240 e. The highest BCUT2D eigenvalue weighted by molar-refractivity contribution is 7.91. The summed E-state index contributed by atoms with van der Waals surface area (Å²) in [6, 6.07) is 3.95. The summed E-state index contributed by atoms with van der Waals surface area (Å²) < 4.78 is 49.7. The molecule has 0 aliphatic heterocycles. The predicted octanol–water partition coefficient (Wildman–Crippen LogP) is 0.836. The molecule has 1 unspecified atom stereocenters. The molecule has 0 aromatic heterocycles. The number of hydrogen-bond donors (Lipinski definition) is 2. The van der Waals surface area contributed by atoms with Crippen molar-refractivity contribution in [2.45, 2.75) is 36.1 Å². The van der Waals surface area contributed by atoms with Crippen molar-refractivity contribution < 1.29 is 16.8 Å². The number of nitrogens with one attached hydrogen (secondary N) is 1. The van der Waals surface area contributed by atoms with Crippen molar-refractivity contribution in [1.82, 2.24) is 4.72 Å². The molecule has 6 nitrogen and oxygen atoms in total. The molecular weight excluding hydrogens is 336 g/mol. The number of benzene rings is 1. The molecule has 0 fully saturated rings. The quantitative estimate of drug-likeness (QED) is 0.785. The first-order valence-corrected chi connectivity index (χ1v) is 9.47. The molecule has 1 aromatic carbocycles. The lowest BCUT2D eigenvalue weighted by Gasteiger charge is -2.11. The van der Waals surface area contributed by atoms with Crippen LogP contribution in [-0.4, -0.2) is 35.7 Å². The third kappa shape index (κ3) is 5.91. The van der Waals surface area contributed by atoms with Crippen LogP contribution >= 0.6 is 12.4 Å². The summed E-state index contributed by atoms with van der Waals surface area (Å²) in [5, 5.41) is 0. The molecule has 3 N–H and O–H groups in total. The van der Waals surface area contributed by atoms with E-state index in [1.165, 1.54) is 18.2 Å². The minimum Gasteiger partial charge on any atom is -0.328 e. The second kappa shape index (κ2) is 7.55. The first kappa shape index (κ1) is 20.3. The zero-order chi connectivity index (χ0) is 15.6. The highest BCUT2D eigenvalue weighted by Gasteiger charge is 2.19. The molecule has 0 aliphatic carbocycles. The predicted molar refractivity (Wildman–Crippen MR) is 85.0 cm³/mol. The molecule has 0 saturated carbocycles. The van der Waals surface area contributed by atoms with Crippen LogP contribution in [-0.2, 0) is 19.9 Å². The first-order valence-electron chi connectivity index (χ1n) is 6.10. The highest BCUT2D eigenvalue weighted by atomic mass is 35.5. The highest BCUT2D eigenvalue weighted by Crippen LogP contribution is 2.20. The molecule has 1 aromatic rings. The van der Waals surface area contributed by atoms with Gasteiger partial charge in [0.25, 0.3) is 0 Å². The molecular formula is C12H21ClN2O4S2. The fraction of sp³-hybridized carbons (Fsp3) is 0.500. The molecule has 1 rings (SSSR count). The summed E-state index contributed by atoms with van der Waals surface area (Å²) in [4.78, 5) is -0.0410. The van der Waals surface area contributed by atoms with Crippen molar-refractivity contribution in [3.05, 3.63) is 23.8 Å². The second-order valence-corrected chi connectivity index (χ2v) is 8.61. The first-order chi connectivity index (χ1) is 9.04. The van der Waals surface area contributed by atoms with Crippen molar-refractivity contribution in [2.24, 2.45) is 5.73 Å². The summed E-state index contributed by atoms with van der Waals surface area (Å²) in [5.41, 5.74) is 6.05. The lowest BCUT2D eigenvalue weighted by molar-refractivity contribution is 0.571. The van der Waals surface area contributed by atoms with Crippen LogP contribution in [0.25, 0.3) is 0 Å². The standard InChI is InChI=1S/C12H20N2O4S2.ClH/c1-9-4-5-11(19(3,15)16)8-12(9)20(17,18)14-7-6-10(2)13;/h4-5,8,10,14H,6-7,13H2,1-3H3;1H. The number of sulfone groups is 1. The molecule has 122 valence electrons. The van der Waals surface area contributed by atoms with Gasteiger partial charge in [0.15, 0.2) is 9.84 Å². The normalized spacial score (nSPS) is 13.5. The molecule has 0 bridgehead atoms. The van der Waals surface area contributed by atoms with Gasteiger partial charge in [-0.3, -0.25) is 0 Å². The van der Waals surface area contributed by atoms with Gasteiger partial charge in [-0.05, 0) is 38.0 Å². The molecule has 9 heteroatoms. The van der Waals surface area contributed by atoms with Gasteiger partial charge >= 0.3 is 0 Å². The van der Waals surface area contributed by atoms with Gasteiger partial charge in [0.1, 0.15) is 0 Å². The van der Waals surface area contributed by atoms with Crippen molar-refractivity contribution in [2.75, 3.05) is 12.8 Å². The number of halogens is 1. The Kier molecular flexibility index (Phi) is 7.31. The van der Waals surface area contributed by atoms with Crippen LogP contribution in [0.1, 0.15) is 18.9 Å². The van der Waals surface area contributed by atoms with Crippen molar-refractivity contribution in [3.8, 4) is 0 Å². The number of nitrogens with two attached hydrogens (primary N) is 1. The minimum atomic E-state index is -3.74. The van der Waals surface area contributed by atoms with Crippen LogP contribution in [0.2, 0.25) is 0 Å². The zero-order valence-corrected chi connectivity index (χ0v) is 14.6. The van der Waals surface area contributed by atoms with Gasteiger partial charge < -0.3 is 5.73 Å². The number of rotatable bonds is 6. The maximum Gasteiger partial charge on any atom is 0.240 e. The molecule has 0 heterocycles. The van der Waals surface area contributed by atoms with Gasteiger partial charge in [-0.25, -0.2) is 21.6 Å². The topological polar surface area (TPSA) is 106 Å². The minimum absolute atomic E-state index is 0. The van der Waals surface area contributed by atoms with Gasteiger partial charge in [-0.1, -0.05) is 6.07 Å². The fourth-order valence-corrected chi connectivity index (χ4v) is 3.64. The van der Waals surface area contributed by atoms with Crippen LogP contribution in [0, 0.1) is 6.92 Å². The lowest BCUT2D eigenvalue weighted by Crippen LogP contribution is -2.29. The van der Waals surface area contributed by atoms with E-state index in [0.717, 1.165) is 6.26 Å². The van der Waals surface area contributed by atoms with E-state index in [4.69, 9.17) is 5.73 Å². The molecule has 0 aliphatic rings. The molecule has 0 saturated heterocycles. The van der Waals surface area contributed by atoms with E-state index in [-0.39, 0.29) is 34.8 Å². The Morgan fingerprint density at radius 2 is 1.81 bits per heavy atom. The third-order valence-electron chi connectivity index (χ3n) is 2.77. The van der Waals surface area contributed by atoms with Crippen LogP contribution in [0.15, 0.2) is 28.0 Å². The summed E-state index contributed by atoms with van der Waals surface area (Å²) in [6.45, 7) is 3.61. The van der Waals surface area contributed by atoms with Crippen LogP contribution < -0.4 is 10.5 Å². The monoisotopic (exact) mass is 356 g/mol. The average Bonchev–Trinajstić information content (AvgIpc) is 2.26. The van der Waals surface area contributed by atoms with E-state index in [1.54, 1.807) is 13.8 Å². The Morgan fingerprint density at radius 1 is 1.24 bits per heavy atom. The Hall–Kier alpha value is -0.670. The summed E-state index contributed by atoms with van der Waals surface area (Å²) in [6.07, 6.45) is 1.54. The van der Waals surface area contributed by atoms with E-state index in [0.29, 0.717) is 12.0 Å². The van der Waals surface area contributed by atoms with E-state index >= 15 is 0 Å². The molecule has 0 spiro atoms. The van der Waals surface area contributed by atoms with Crippen LogP contribution in [0.3, 0.4) is 0 Å². The van der Waals surface area contributed by atoms with Gasteiger partial charge in [-0.2, -0.15) is 0 Å². The third-order valence-corrected chi connectivity index (χ3v) is 5.48. The summed E-state index contributed by atoms with van der Waals surface area (Å²) in [7, 11) is -7.19. The average molecular weight is 357 g/mol. The van der Waals surface area contributed by atoms with Crippen molar-refractivity contribution in [1.29, 1.82) is 0 Å². The molecule has 1 atom stereocenters. The molecule has 0 radical (unpaired) electrons. The SMILES string of the molecule is Cc1ccc(S(C)(=O)=O)cc1S(=O)(=O)NCCC(C)N.Cl. The number of sulfonamides is 1. The van der Waals surface area contributed by atoms with Crippen molar-refractivity contribution in [3.63, 3.8) is 0 Å². The largest absolute Gasteiger partial charge is 0.328 e. The van der Waals surface area contributed by atoms with Gasteiger partial charge in [-0.15, -0.1) is 12.4 Å². The second-order valence-electron chi connectivity index (χ2n) is 4.86. The van der Waals surface area contributed by atoms with E-state index < -0.39 is 19.9 Å². The number of hydrogen-bond acceptors (Lipinski definition) is 5. The Bertz CT molecular complexity index is 685. The Labute approximate surface area is 132 Å². The zero-order valence-electron chi connectivity index (χ0n) is 12.2. The maximum atomic E-state index is 12.2. The lowest BCUT2D eigenvalue weighted by atomic mass is 10.2. The van der Waals surface area contributed by atoms with E-state index in [2.05, 4.69) is 4.72 Å². The summed E-state index contributed by atoms with van der Waals surface area (Å²) in [5.74, 6) is 0. The van der Waals surface area contributed by atoms with E-state index in [9.17, 15) is 16.8 Å². The van der Waals surface area contributed by atoms with Crippen molar-refractivity contribution >= 4 is 32.3 Å². The molecule has 0 amide bonds. The van der Waals surface area contributed by atoms with Gasteiger partial charge in [0.2, 0.25) is 10.0 Å². The van der Waals surface area contributed by atoms with Crippen LogP contribution in [0.5, 0.6) is 0 Å². The van der Waals surface area contributed by atoms with E-state index in [1.807, 2.05) is 0 Å². The van der Waals surface area contributed by atoms with Gasteiger partial charge in [0.05, 0.1) is 9.79 Å². The van der Waals surface area contributed by atoms with Crippen LogP contribution in [0.4, 0.5) is 0 Å². The Morgan fingerprint density at radius 3 is 2.29 bits per heavy atom. The van der Waals surface area contributed by atoms with Gasteiger partial charge in [0, 0.05) is 18.8 Å². The molecule has 21 heavy (non-hydrogen) atoms. The maximum absolute atomic E-state index is 12.2. The number of aryl methyl sites for hydroxylation is 1. The fourth-order valence-electron chi connectivity index (χ4n) is 1.60. The summed E-state index contributed by atoms with van der Waals surface area (Å²) >= 11 is 0. The Balaban J connectivity index is 0.00000400.